The summed E-state index contributed by atoms with van der Waals surface area (Å²) in [6, 6.07) is 5.66. The minimum atomic E-state index is -0.365. The highest BCUT2D eigenvalue weighted by Crippen LogP contribution is 2.25. The fourth-order valence-corrected chi connectivity index (χ4v) is 2.48. The largest absolute Gasteiger partial charge is 0.492 e. The Hall–Kier alpha value is -2.22. The van der Waals surface area contributed by atoms with Crippen molar-refractivity contribution in [1.29, 1.82) is 0 Å². The average molecular weight is 408 g/mol. The first kappa shape index (κ1) is 19.1. The van der Waals surface area contributed by atoms with Crippen LogP contribution in [0.3, 0.4) is 0 Å². The molecule has 8 heteroatoms. The molecule has 2 aromatic rings. The second kappa shape index (κ2) is 8.24. The lowest BCUT2D eigenvalue weighted by molar-refractivity contribution is 0.315. The van der Waals surface area contributed by atoms with Crippen LogP contribution in [-0.4, -0.2) is 28.0 Å². The minimum Gasteiger partial charge on any atom is -0.492 e. The Balaban J connectivity index is 2.05. The van der Waals surface area contributed by atoms with Crippen LogP contribution >= 0.6 is 15.9 Å². The quantitative estimate of drug-likeness (QED) is 0.564. The topological polar surface area (TPSA) is 92.3 Å². The first-order valence-corrected chi connectivity index (χ1v) is 8.79. The summed E-state index contributed by atoms with van der Waals surface area (Å²) < 4.78 is 6.46. The van der Waals surface area contributed by atoms with Crippen molar-refractivity contribution in [3.05, 3.63) is 44.3 Å². The Labute approximate surface area is 155 Å². The van der Waals surface area contributed by atoms with Gasteiger partial charge in [0.15, 0.2) is 0 Å². The third-order valence-electron chi connectivity index (χ3n) is 3.21. The van der Waals surface area contributed by atoms with Gasteiger partial charge in [0.25, 0.3) is 5.56 Å². The standard InChI is InChI=1S/C17H22BrN5O2/c1-5-8-25-13-7-6-11(9-12(13)18)10-19-22-16-20-15(24)14(21-23-16)17(2,3)4/h6-7,9-10H,5,8H2,1-4H3,(H2,20,22,23,24)/b19-10+. The third kappa shape index (κ3) is 5.38. The number of rotatable bonds is 6. The molecule has 1 aromatic carbocycles. The van der Waals surface area contributed by atoms with E-state index in [2.05, 4.69) is 48.6 Å². The molecule has 0 aliphatic carbocycles. The van der Waals surface area contributed by atoms with Crippen LogP contribution in [0.1, 0.15) is 45.4 Å². The molecular weight excluding hydrogens is 386 g/mol. The lowest BCUT2D eigenvalue weighted by Crippen LogP contribution is -2.28. The van der Waals surface area contributed by atoms with Gasteiger partial charge in [-0.05, 0) is 46.1 Å². The SMILES string of the molecule is CCCOc1ccc(/C=N/Nc2nnc(C(C)(C)C)c(=O)[nH]2)cc1Br. The number of nitrogens with one attached hydrogen (secondary N) is 2. The van der Waals surface area contributed by atoms with Crippen LogP contribution in [0.25, 0.3) is 0 Å². The fourth-order valence-electron chi connectivity index (χ4n) is 1.97. The molecule has 1 aromatic heterocycles. The van der Waals surface area contributed by atoms with E-state index in [0.29, 0.717) is 12.3 Å². The number of hydrogen-bond acceptors (Lipinski definition) is 6. The molecule has 1 heterocycles. The monoisotopic (exact) mass is 407 g/mol. The van der Waals surface area contributed by atoms with Crippen LogP contribution in [0.15, 0.2) is 32.6 Å². The van der Waals surface area contributed by atoms with Gasteiger partial charge >= 0.3 is 0 Å². The normalized spacial score (nSPS) is 11.7. The zero-order valence-electron chi connectivity index (χ0n) is 14.8. The highest BCUT2D eigenvalue weighted by atomic mass is 79.9. The molecule has 0 atom stereocenters. The van der Waals surface area contributed by atoms with Crippen molar-refractivity contribution < 1.29 is 4.74 Å². The van der Waals surface area contributed by atoms with Crippen LogP contribution < -0.4 is 15.7 Å². The van der Waals surface area contributed by atoms with Crippen molar-refractivity contribution in [1.82, 2.24) is 15.2 Å². The molecule has 0 saturated carbocycles. The van der Waals surface area contributed by atoms with Crippen molar-refractivity contribution in [3.8, 4) is 5.75 Å². The predicted octanol–water partition coefficient (Wildman–Crippen LogP) is 3.46. The Bertz CT molecular complexity index is 811. The number of H-pyrrole nitrogens is 1. The molecule has 134 valence electrons. The average Bonchev–Trinajstić information content (AvgIpc) is 2.53. The number of nitrogens with zero attached hydrogens (tertiary/aromatic N) is 3. The number of ether oxygens (including phenoxy) is 1. The van der Waals surface area contributed by atoms with Gasteiger partial charge in [-0.15, -0.1) is 10.2 Å². The molecule has 2 N–H and O–H groups in total. The van der Waals surface area contributed by atoms with E-state index < -0.39 is 0 Å². The van der Waals surface area contributed by atoms with E-state index in [9.17, 15) is 4.79 Å². The summed E-state index contributed by atoms with van der Waals surface area (Å²) in [6.45, 7) is 8.45. The van der Waals surface area contributed by atoms with Gasteiger partial charge in [0.1, 0.15) is 11.4 Å². The molecule has 0 fully saturated rings. The molecule has 0 amide bonds. The molecule has 0 unspecified atom stereocenters. The van der Waals surface area contributed by atoms with E-state index in [-0.39, 0.29) is 16.9 Å². The van der Waals surface area contributed by atoms with Gasteiger partial charge in [-0.3, -0.25) is 9.78 Å². The van der Waals surface area contributed by atoms with E-state index in [1.54, 1.807) is 6.21 Å². The first-order valence-electron chi connectivity index (χ1n) is 8.00. The lowest BCUT2D eigenvalue weighted by Gasteiger charge is -2.15. The number of benzene rings is 1. The highest BCUT2D eigenvalue weighted by Gasteiger charge is 2.20. The van der Waals surface area contributed by atoms with Gasteiger partial charge in [-0.2, -0.15) is 5.10 Å². The highest BCUT2D eigenvalue weighted by molar-refractivity contribution is 9.10. The van der Waals surface area contributed by atoms with Crippen molar-refractivity contribution in [2.45, 2.75) is 39.5 Å². The summed E-state index contributed by atoms with van der Waals surface area (Å²) in [6.07, 6.45) is 2.57. The summed E-state index contributed by atoms with van der Waals surface area (Å²) in [5, 5.41) is 12.0. The van der Waals surface area contributed by atoms with Crippen molar-refractivity contribution >= 4 is 28.1 Å². The maximum Gasteiger partial charge on any atom is 0.274 e. The van der Waals surface area contributed by atoms with E-state index in [0.717, 1.165) is 22.2 Å². The van der Waals surface area contributed by atoms with E-state index in [1.165, 1.54) is 0 Å². The van der Waals surface area contributed by atoms with Crippen LogP contribution in [0.4, 0.5) is 5.95 Å². The third-order valence-corrected chi connectivity index (χ3v) is 3.83. The number of aromatic amines is 1. The maximum atomic E-state index is 12.0. The molecule has 7 nitrogen and oxygen atoms in total. The van der Waals surface area contributed by atoms with Crippen molar-refractivity contribution in [2.75, 3.05) is 12.0 Å². The van der Waals surface area contributed by atoms with Crippen LogP contribution in [-0.2, 0) is 5.41 Å². The number of hydrazone groups is 1. The second-order valence-electron chi connectivity index (χ2n) is 6.51. The van der Waals surface area contributed by atoms with E-state index in [1.807, 2.05) is 39.0 Å². The molecule has 25 heavy (non-hydrogen) atoms. The van der Waals surface area contributed by atoms with Gasteiger partial charge < -0.3 is 4.74 Å². The molecular formula is C17H22BrN5O2. The first-order chi connectivity index (χ1) is 11.8. The van der Waals surface area contributed by atoms with Gasteiger partial charge in [0.2, 0.25) is 5.95 Å². The molecule has 0 aliphatic heterocycles. The number of anilines is 1. The summed E-state index contributed by atoms with van der Waals surface area (Å²) in [4.78, 5) is 14.6. The molecule has 0 radical (unpaired) electrons. The molecule has 0 spiro atoms. The maximum absolute atomic E-state index is 12.0. The Morgan fingerprint density at radius 1 is 1.36 bits per heavy atom. The van der Waals surface area contributed by atoms with Crippen LogP contribution in [0.2, 0.25) is 0 Å². The van der Waals surface area contributed by atoms with Gasteiger partial charge in [0, 0.05) is 5.41 Å². The molecule has 0 bridgehead atoms. The van der Waals surface area contributed by atoms with Gasteiger partial charge in [0.05, 0.1) is 17.3 Å². The second-order valence-corrected chi connectivity index (χ2v) is 7.36. The van der Waals surface area contributed by atoms with Gasteiger partial charge in [-0.25, -0.2) is 5.43 Å². The molecule has 0 aliphatic rings. The number of aromatic nitrogens is 3. The minimum absolute atomic E-state index is 0.191. The Morgan fingerprint density at radius 3 is 2.72 bits per heavy atom. The van der Waals surface area contributed by atoms with E-state index in [4.69, 9.17) is 4.74 Å². The zero-order chi connectivity index (χ0) is 18.4. The summed E-state index contributed by atoms with van der Waals surface area (Å²) in [5.74, 6) is 0.983. The van der Waals surface area contributed by atoms with Crippen LogP contribution in [0, 0.1) is 0 Å². The van der Waals surface area contributed by atoms with Crippen molar-refractivity contribution in [2.24, 2.45) is 5.10 Å². The Morgan fingerprint density at radius 2 is 2.12 bits per heavy atom. The lowest BCUT2D eigenvalue weighted by atomic mass is 9.93. The van der Waals surface area contributed by atoms with Crippen LogP contribution in [0.5, 0.6) is 5.75 Å². The summed E-state index contributed by atoms with van der Waals surface area (Å²) >= 11 is 3.47. The summed E-state index contributed by atoms with van der Waals surface area (Å²) in [7, 11) is 0. The summed E-state index contributed by atoms with van der Waals surface area (Å²) in [5.41, 5.74) is 3.28. The number of halogens is 1. The Kier molecular flexibility index (Phi) is 6.30. The zero-order valence-corrected chi connectivity index (χ0v) is 16.3. The smallest absolute Gasteiger partial charge is 0.274 e. The molecule has 0 saturated heterocycles. The van der Waals surface area contributed by atoms with E-state index >= 15 is 0 Å². The van der Waals surface area contributed by atoms with Gasteiger partial charge in [-0.1, -0.05) is 27.7 Å². The fraction of sp³-hybridized carbons (Fsp3) is 0.412. The van der Waals surface area contributed by atoms with Crippen molar-refractivity contribution in [3.63, 3.8) is 0 Å². The predicted molar refractivity (Wildman–Crippen MR) is 102 cm³/mol. The molecule has 2 rings (SSSR count). The number of hydrogen-bond donors (Lipinski definition) is 2.